The first-order chi connectivity index (χ1) is 11.6. The highest BCUT2D eigenvalue weighted by molar-refractivity contribution is 6.60. The van der Waals surface area contributed by atoms with Gasteiger partial charge in [-0.25, -0.2) is 0 Å². The van der Waals surface area contributed by atoms with Gasteiger partial charge in [0.15, 0.2) is 0 Å². The van der Waals surface area contributed by atoms with Crippen molar-refractivity contribution in [3.05, 3.63) is 0 Å². The first-order valence-electron chi connectivity index (χ1n) is 8.50. The third kappa shape index (κ3) is 7.42. The average molecular weight is 368 g/mol. The molecule has 0 amide bonds. The van der Waals surface area contributed by atoms with Crippen LogP contribution < -0.4 is 0 Å². The molecule has 1 heterocycles. The van der Waals surface area contributed by atoms with Crippen LogP contribution in [0.4, 0.5) is 0 Å². The molecule has 0 N–H and O–H groups in total. The molecule has 0 radical (unpaired) electrons. The first kappa shape index (κ1) is 21.9. The zero-order valence-corrected chi connectivity index (χ0v) is 16.5. The Morgan fingerprint density at radius 1 is 1.00 bits per heavy atom. The van der Waals surface area contributed by atoms with Gasteiger partial charge in [0, 0.05) is 26.9 Å². The highest BCUT2D eigenvalue weighted by Crippen LogP contribution is 2.27. The van der Waals surface area contributed by atoms with Gasteiger partial charge in [-0.3, -0.25) is 4.43 Å². The maximum Gasteiger partial charge on any atom is 0.506 e. The summed E-state index contributed by atoms with van der Waals surface area (Å²) < 4.78 is 44.7. The second kappa shape index (κ2) is 11.5. The van der Waals surface area contributed by atoms with Crippen LogP contribution >= 0.6 is 0 Å². The zero-order chi connectivity index (χ0) is 17.9. The molecule has 1 fully saturated rings. The zero-order valence-electron chi connectivity index (χ0n) is 15.5. The Morgan fingerprint density at radius 3 is 1.96 bits per heavy atom. The molecule has 1 aliphatic heterocycles. The fraction of sp³-hybridized carbons (Fsp3) is 1.00. The third-order valence-electron chi connectivity index (χ3n) is 3.34. The second-order valence-electron chi connectivity index (χ2n) is 5.13. The molecule has 144 valence electrons. The van der Waals surface area contributed by atoms with Gasteiger partial charge in [0.2, 0.25) is 0 Å². The molecule has 1 saturated heterocycles. The van der Waals surface area contributed by atoms with Gasteiger partial charge >= 0.3 is 15.0 Å². The van der Waals surface area contributed by atoms with Crippen molar-refractivity contribution in [2.45, 2.75) is 45.5 Å². The monoisotopic (exact) mass is 368 g/mol. The van der Waals surface area contributed by atoms with Crippen LogP contribution in [-0.2, 0) is 37.0 Å². The number of rotatable bonds is 16. The van der Waals surface area contributed by atoms with Crippen molar-refractivity contribution in [2.75, 3.05) is 53.9 Å². The predicted octanol–water partition coefficient (Wildman–Crippen LogP) is 1.76. The van der Waals surface area contributed by atoms with Crippen molar-refractivity contribution in [3.8, 4) is 0 Å². The van der Waals surface area contributed by atoms with Crippen LogP contribution in [0.5, 0.6) is 0 Å². The summed E-state index contributed by atoms with van der Waals surface area (Å²) in [7, 11) is 0.0791. The van der Waals surface area contributed by atoms with E-state index < -0.39 is 15.0 Å². The summed E-state index contributed by atoms with van der Waals surface area (Å²) in [4.78, 5) is 0. The number of ether oxygens (including phenoxy) is 5. The molecule has 24 heavy (non-hydrogen) atoms. The van der Waals surface area contributed by atoms with Gasteiger partial charge in [0.25, 0.3) is 0 Å². The Morgan fingerprint density at radius 2 is 1.54 bits per heavy atom. The first-order valence-corrected chi connectivity index (χ1v) is 10.4. The SMILES string of the molecule is CCOC(OCC)(OCC)O[Si](CCCOCC1CO1)(OC)OC. The molecule has 1 aliphatic rings. The van der Waals surface area contributed by atoms with Gasteiger partial charge in [-0.1, -0.05) is 0 Å². The molecule has 0 bridgehead atoms. The summed E-state index contributed by atoms with van der Waals surface area (Å²) in [6.07, 6.45) is -0.630. The van der Waals surface area contributed by atoms with Crippen molar-refractivity contribution in [2.24, 2.45) is 0 Å². The van der Waals surface area contributed by atoms with Crippen LogP contribution in [0.1, 0.15) is 27.2 Å². The maximum atomic E-state index is 6.03. The summed E-state index contributed by atoms with van der Waals surface area (Å²) in [6.45, 7) is 8.60. The molecule has 0 aromatic heterocycles. The van der Waals surface area contributed by atoms with E-state index in [0.717, 1.165) is 13.0 Å². The topological polar surface area (TPSA) is 77.1 Å². The molecule has 8 nitrogen and oxygen atoms in total. The third-order valence-corrected chi connectivity index (χ3v) is 6.11. The Kier molecular flexibility index (Phi) is 10.5. The minimum atomic E-state index is -3.04. The van der Waals surface area contributed by atoms with E-state index >= 15 is 0 Å². The lowest BCUT2D eigenvalue weighted by Crippen LogP contribution is -2.55. The summed E-state index contributed by atoms with van der Waals surface area (Å²) in [6, 6.07) is 0.556. The smallest absolute Gasteiger partial charge is 0.379 e. The van der Waals surface area contributed by atoms with Crippen LogP contribution in [-0.4, -0.2) is 74.9 Å². The Hall–Kier alpha value is -0.103. The van der Waals surface area contributed by atoms with Crippen LogP contribution in [0, 0.1) is 0 Å². The highest BCUT2D eigenvalue weighted by Gasteiger charge is 2.50. The van der Waals surface area contributed by atoms with Gasteiger partial charge in [-0.15, -0.1) is 0 Å². The van der Waals surface area contributed by atoms with Crippen molar-refractivity contribution in [3.63, 3.8) is 0 Å². The molecule has 9 heteroatoms. The van der Waals surface area contributed by atoms with E-state index in [1.165, 1.54) is 0 Å². The molecular weight excluding hydrogens is 336 g/mol. The lowest BCUT2D eigenvalue weighted by atomic mass is 10.5. The summed E-state index contributed by atoms with van der Waals surface area (Å²) >= 11 is 0. The van der Waals surface area contributed by atoms with E-state index in [1.807, 2.05) is 20.8 Å². The molecule has 1 unspecified atom stereocenters. The van der Waals surface area contributed by atoms with E-state index in [0.29, 0.717) is 39.1 Å². The van der Waals surface area contributed by atoms with Crippen molar-refractivity contribution >= 4 is 8.80 Å². The van der Waals surface area contributed by atoms with Gasteiger partial charge in [-0.2, -0.15) is 0 Å². The van der Waals surface area contributed by atoms with Crippen LogP contribution in [0.15, 0.2) is 0 Å². The van der Waals surface area contributed by atoms with E-state index in [-0.39, 0.29) is 6.10 Å². The highest BCUT2D eigenvalue weighted by atomic mass is 28.4. The molecular formula is C15H32O8Si. The second-order valence-corrected chi connectivity index (χ2v) is 8.01. The minimum absolute atomic E-state index is 0.259. The van der Waals surface area contributed by atoms with Crippen LogP contribution in [0.2, 0.25) is 6.04 Å². The minimum Gasteiger partial charge on any atom is -0.379 e. The van der Waals surface area contributed by atoms with Crippen molar-refractivity contribution < 1.29 is 37.0 Å². The van der Waals surface area contributed by atoms with Gasteiger partial charge in [-0.05, 0) is 27.2 Å². The molecule has 0 aromatic rings. The summed E-state index contributed by atoms with van der Waals surface area (Å²) in [5.41, 5.74) is 0. The maximum absolute atomic E-state index is 6.03. The van der Waals surface area contributed by atoms with E-state index in [2.05, 4.69) is 0 Å². The molecule has 0 aromatic carbocycles. The Labute approximate surface area is 146 Å². The molecule has 0 spiro atoms. The Balaban J connectivity index is 2.61. The number of epoxide rings is 1. The van der Waals surface area contributed by atoms with Gasteiger partial charge < -0.3 is 32.5 Å². The lowest BCUT2D eigenvalue weighted by Gasteiger charge is -2.37. The molecule has 1 atom stereocenters. The van der Waals surface area contributed by atoms with E-state index in [4.69, 9.17) is 37.0 Å². The predicted molar refractivity (Wildman–Crippen MR) is 88.4 cm³/mol. The summed E-state index contributed by atoms with van der Waals surface area (Å²) in [5.74, 6) is 0. The van der Waals surface area contributed by atoms with Gasteiger partial charge in [0.05, 0.1) is 33.0 Å². The normalized spacial score (nSPS) is 18.1. The van der Waals surface area contributed by atoms with E-state index in [1.54, 1.807) is 14.2 Å². The van der Waals surface area contributed by atoms with Crippen molar-refractivity contribution in [1.29, 1.82) is 0 Å². The lowest BCUT2D eigenvalue weighted by molar-refractivity contribution is -0.478. The molecule has 0 saturated carbocycles. The van der Waals surface area contributed by atoms with Crippen molar-refractivity contribution in [1.82, 2.24) is 0 Å². The molecule has 1 rings (SSSR count). The standard InChI is InChI=1S/C15H32O8Si/c1-6-20-15(21-7-2,22-8-3)23-24(16-4,17-5)11-9-10-18-12-14-13-19-14/h14H,6-13H2,1-5H3. The summed E-state index contributed by atoms with van der Waals surface area (Å²) in [5, 5.41) is 0. The Bertz CT molecular complexity index is 306. The molecule has 0 aliphatic carbocycles. The number of hydrogen-bond acceptors (Lipinski definition) is 8. The average Bonchev–Trinajstić information content (AvgIpc) is 3.38. The van der Waals surface area contributed by atoms with E-state index in [9.17, 15) is 0 Å². The quantitative estimate of drug-likeness (QED) is 0.177. The largest absolute Gasteiger partial charge is 0.506 e. The van der Waals surface area contributed by atoms with Crippen LogP contribution in [0.3, 0.4) is 0 Å². The fourth-order valence-electron chi connectivity index (χ4n) is 2.13. The van der Waals surface area contributed by atoms with Crippen LogP contribution in [0.25, 0.3) is 0 Å². The van der Waals surface area contributed by atoms with Gasteiger partial charge in [0.1, 0.15) is 6.10 Å². The fourth-order valence-corrected chi connectivity index (χ4v) is 4.10. The number of hydrogen-bond donors (Lipinski definition) is 0.